The summed E-state index contributed by atoms with van der Waals surface area (Å²) in [5, 5.41) is 78.7. The molecule has 166 valence electrons. The van der Waals surface area contributed by atoms with E-state index in [0.29, 0.717) is 0 Å². The zero-order valence-electron chi connectivity index (χ0n) is 15.8. The normalized spacial score (nSPS) is 27.3. The molecule has 5 atom stereocenters. The molecule has 11 heteroatoms. The molecular formula is C20H20O11. The van der Waals surface area contributed by atoms with Crippen molar-refractivity contribution in [3.63, 3.8) is 0 Å². The van der Waals surface area contributed by atoms with Crippen LogP contribution in [0.25, 0.3) is 6.08 Å². The molecule has 2 aromatic rings. The summed E-state index contributed by atoms with van der Waals surface area (Å²) >= 11 is 0. The molecule has 0 saturated carbocycles. The molecule has 2 aromatic carbocycles. The molecule has 0 spiro atoms. The van der Waals surface area contributed by atoms with E-state index in [1.165, 1.54) is 12.1 Å². The van der Waals surface area contributed by atoms with Gasteiger partial charge in [-0.2, -0.15) is 0 Å². The summed E-state index contributed by atoms with van der Waals surface area (Å²) in [6.45, 7) is -0.570. The number of aliphatic hydroxyl groups excluding tert-OH is 3. The van der Waals surface area contributed by atoms with Crippen molar-refractivity contribution in [2.24, 2.45) is 0 Å². The summed E-state index contributed by atoms with van der Waals surface area (Å²) in [7, 11) is 0. The number of hydrogen-bond donors (Lipinski definition) is 8. The lowest BCUT2D eigenvalue weighted by Crippen LogP contribution is -2.35. The van der Waals surface area contributed by atoms with Crippen molar-refractivity contribution in [3.8, 4) is 34.5 Å². The Kier molecular flexibility index (Phi) is 5.19. The summed E-state index contributed by atoms with van der Waals surface area (Å²) in [4.78, 5) is 0. The Morgan fingerprint density at radius 1 is 0.871 bits per heavy atom. The van der Waals surface area contributed by atoms with Gasteiger partial charge in [0.2, 0.25) is 6.29 Å². The number of rotatable bonds is 4. The van der Waals surface area contributed by atoms with Gasteiger partial charge in [-0.3, -0.25) is 0 Å². The Hall–Kier alpha value is -3.38. The van der Waals surface area contributed by atoms with Crippen LogP contribution in [0.1, 0.15) is 17.2 Å². The van der Waals surface area contributed by atoms with Gasteiger partial charge >= 0.3 is 0 Å². The largest absolute Gasteiger partial charge is 0.508 e. The highest BCUT2D eigenvalue weighted by molar-refractivity contribution is 5.70. The first kappa shape index (κ1) is 20.9. The Morgan fingerprint density at radius 2 is 1.55 bits per heavy atom. The van der Waals surface area contributed by atoms with Crippen LogP contribution in [0.3, 0.4) is 0 Å². The Balaban J connectivity index is 1.76. The minimum Gasteiger partial charge on any atom is -0.508 e. The average Bonchev–Trinajstić information content (AvgIpc) is 2.99. The van der Waals surface area contributed by atoms with E-state index >= 15 is 0 Å². The van der Waals surface area contributed by atoms with E-state index in [9.17, 15) is 40.9 Å². The predicted octanol–water partition coefficient (Wildman–Crippen LogP) is 0.145. The van der Waals surface area contributed by atoms with Crippen LogP contribution in [-0.2, 0) is 9.47 Å². The van der Waals surface area contributed by atoms with E-state index in [-0.39, 0.29) is 34.1 Å². The molecule has 0 aromatic heterocycles. The molecular weight excluding hydrogens is 416 g/mol. The zero-order chi connectivity index (χ0) is 22.4. The van der Waals surface area contributed by atoms with E-state index in [2.05, 4.69) is 0 Å². The maximum atomic E-state index is 10.2. The van der Waals surface area contributed by atoms with Gasteiger partial charge in [0, 0.05) is 17.7 Å². The molecule has 2 heterocycles. The van der Waals surface area contributed by atoms with Crippen molar-refractivity contribution in [2.45, 2.75) is 30.7 Å². The molecule has 1 unspecified atom stereocenters. The molecule has 1 fully saturated rings. The third kappa shape index (κ3) is 3.64. The number of phenols is 5. The van der Waals surface area contributed by atoms with Crippen LogP contribution >= 0.6 is 0 Å². The smallest absolute Gasteiger partial charge is 0.228 e. The Morgan fingerprint density at radius 3 is 2.16 bits per heavy atom. The quantitative estimate of drug-likeness (QED) is 0.304. The summed E-state index contributed by atoms with van der Waals surface area (Å²) < 4.78 is 16.8. The first-order chi connectivity index (χ1) is 14.7. The van der Waals surface area contributed by atoms with Crippen LogP contribution in [0.15, 0.2) is 30.0 Å². The topological polar surface area (TPSA) is 190 Å². The molecule has 0 bridgehead atoms. The molecule has 8 N–H and O–H groups in total. The molecule has 1 saturated heterocycles. The van der Waals surface area contributed by atoms with Crippen LogP contribution in [0.2, 0.25) is 0 Å². The van der Waals surface area contributed by atoms with E-state index < -0.39 is 54.6 Å². The first-order valence-corrected chi connectivity index (χ1v) is 9.17. The van der Waals surface area contributed by atoms with Crippen LogP contribution in [0.5, 0.6) is 34.5 Å². The number of aromatic hydroxyl groups is 5. The summed E-state index contributed by atoms with van der Waals surface area (Å²) in [6.07, 6.45) is -5.30. The number of benzene rings is 2. The molecule has 11 nitrogen and oxygen atoms in total. The van der Waals surface area contributed by atoms with Crippen LogP contribution < -0.4 is 4.74 Å². The number of phenolic OH excluding ortho intramolecular Hbond substituents is 5. The molecule has 0 radical (unpaired) electrons. The molecule has 2 aliphatic heterocycles. The summed E-state index contributed by atoms with van der Waals surface area (Å²) in [6, 6.07) is 4.49. The lowest BCUT2D eigenvalue weighted by Gasteiger charge is -2.30. The zero-order valence-corrected chi connectivity index (χ0v) is 15.8. The number of hydrogen-bond acceptors (Lipinski definition) is 11. The first-order valence-electron chi connectivity index (χ1n) is 9.17. The standard InChI is InChI=1S/C20H20O11/c21-6-15-17(27)18(28)20(31-15)30-14-5-9-10(23)3-8(22)4-13(9)29-19(14)7-1-11(24)16(26)12(25)2-7/h1-5,15,17-28H,6H2/t15-,17+,18-,19?,20-/m1/s1. The van der Waals surface area contributed by atoms with Gasteiger partial charge in [0.05, 0.1) is 12.2 Å². The van der Waals surface area contributed by atoms with Gasteiger partial charge in [0.25, 0.3) is 0 Å². The Labute approximate surface area is 174 Å². The molecule has 0 aliphatic carbocycles. The fraction of sp³-hybridized carbons (Fsp3) is 0.300. The van der Waals surface area contributed by atoms with Gasteiger partial charge < -0.3 is 55.1 Å². The minimum absolute atomic E-state index is 0.0445. The van der Waals surface area contributed by atoms with Crippen molar-refractivity contribution >= 4 is 6.08 Å². The molecule has 4 rings (SSSR count). The van der Waals surface area contributed by atoms with E-state index in [4.69, 9.17) is 14.2 Å². The van der Waals surface area contributed by atoms with Crippen LogP contribution in [0, 0.1) is 0 Å². The highest BCUT2D eigenvalue weighted by Gasteiger charge is 2.45. The van der Waals surface area contributed by atoms with Crippen molar-refractivity contribution in [1.82, 2.24) is 0 Å². The summed E-state index contributed by atoms with van der Waals surface area (Å²) in [5.41, 5.74) is 0.238. The molecule has 31 heavy (non-hydrogen) atoms. The number of ether oxygens (including phenoxy) is 3. The lowest BCUT2D eigenvalue weighted by atomic mass is 10.0. The van der Waals surface area contributed by atoms with Gasteiger partial charge in [-0.25, -0.2) is 0 Å². The highest BCUT2D eigenvalue weighted by Crippen LogP contribution is 2.46. The maximum absolute atomic E-state index is 10.2. The van der Waals surface area contributed by atoms with E-state index in [0.717, 1.165) is 18.2 Å². The SMILES string of the molecule is OC[C@H]1O[C@@H](OC2=Cc3c(O)cc(O)cc3OC2c2cc(O)c(O)c(O)c2)[C@H](O)[C@H]1O. The van der Waals surface area contributed by atoms with Crippen molar-refractivity contribution in [3.05, 3.63) is 41.2 Å². The van der Waals surface area contributed by atoms with E-state index in [1.54, 1.807) is 0 Å². The summed E-state index contributed by atoms with van der Waals surface area (Å²) in [5.74, 6) is -2.67. The van der Waals surface area contributed by atoms with Crippen molar-refractivity contribution < 1.29 is 55.1 Å². The second-order valence-corrected chi connectivity index (χ2v) is 7.15. The Bertz CT molecular complexity index is 1010. The van der Waals surface area contributed by atoms with Gasteiger partial charge in [-0.05, 0) is 18.2 Å². The van der Waals surface area contributed by atoms with Crippen LogP contribution in [0.4, 0.5) is 0 Å². The minimum atomic E-state index is -1.52. The fourth-order valence-electron chi connectivity index (χ4n) is 3.45. The third-order valence-electron chi connectivity index (χ3n) is 5.04. The van der Waals surface area contributed by atoms with Gasteiger partial charge in [-0.15, -0.1) is 0 Å². The second-order valence-electron chi connectivity index (χ2n) is 7.15. The number of fused-ring (bicyclic) bond motifs is 1. The van der Waals surface area contributed by atoms with Gasteiger partial charge in [0.1, 0.15) is 41.3 Å². The lowest BCUT2D eigenvalue weighted by molar-refractivity contribution is -0.154. The molecule has 0 amide bonds. The second kappa shape index (κ2) is 7.71. The third-order valence-corrected chi connectivity index (χ3v) is 5.04. The van der Waals surface area contributed by atoms with Gasteiger partial charge in [0.15, 0.2) is 23.4 Å². The van der Waals surface area contributed by atoms with Gasteiger partial charge in [-0.1, -0.05) is 0 Å². The predicted molar refractivity (Wildman–Crippen MR) is 101 cm³/mol. The van der Waals surface area contributed by atoms with Crippen molar-refractivity contribution in [1.29, 1.82) is 0 Å². The highest BCUT2D eigenvalue weighted by atomic mass is 16.7. The van der Waals surface area contributed by atoms with Crippen molar-refractivity contribution in [2.75, 3.05) is 6.61 Å². The fourth-order valence-corrected chi connectivity index (χ4v) is 3.45. The monoisotopic (exact) mass is 436 g/mol. The van der Waals surface area contributed by atoms with E-state index in [1.807, 2.05) is 0 Å². The maximum Gasteiger partial charge on any atom is 0.228 e. The number of aliphatic hydroxyl groups is 3. The average molecular weight is 436 g/mol. The molecule has 2 aliphatic rings. The van der Waals surface area contributed by atoms with Crippen LogP contribution in [-0.4, -0.2) is 72.1 Å².